The Morgan fingerprint density at radius 1 is 1.42 bits per heavy atom. The predicted octanol–water partition coefficient (Wildman–Crippen LogP) is 0.467. The van der Waals surface area contributed by atoms with Crippen LogP contribution >= 0.6 is 0 Å². The van der Waals surface area contributed by atoms with Gasteiger partial charge in [0.15, 0.2) is 0 Å². The van der Waals surface area contributed by atoms with E-state index in [0.29, 0.717) is 0 Å². The molecule has 0 heterocycles. The summed E-state index contributed by atoms with van der Waals surface area (Å²) in [5.41, 5.74) is 2.15. The van der Waals surface area contributed by atoms with Gasteiger partial charge in [0, 0.05) is 0 Å². The minimum atomic E-state index is -1.06. The lowest BCUT2D eigenvalue weighted by Gasteiger charge is -2.18. The van der Waals surface area contributed by atoms with Crippen molar-refractivity contribution in [1.82, 2.24) is 9.55 Å². The Bertz CT molecular complexity index is 128. The molecule has 0 spiro atoms. The van der Waals surface area contributed by atoms with E-state index in [4.69, 9.17) is 4.74 Å². The van der Waals surface area contributed by atoms with Crippen LogP contribution in [-0.4, -0.2) is 40.9 Å². The maximum Gasteiger partial charge on any atom is 0.215 e. The largest absolute Gasteiger partial charge is 0.502 e. The molecule has 0 bridgehead atoms. The van der Waals surface area contributed by atoms with Crippen LogP contribution in [0.3, 0.4) is 0 Å². The van der Waals surface area contributed by atoms with E-state index < -0.39 is 9.12 Å². The van der Waals surface area contributed by atoms with Gasteiger partial charge in [-0.05, 0) is 33.3 Å². The zero-order valence-electron chi connectivity index (χ0n) is 8.50. The van der Waals surface area contributed by atoms with Crippen molar-refractivity contribution in [3.05, 3.63) is 12.0 Å². The van der Waals surface area contributed by atoms with Gasteiger partial charge >= 0.3 is 0 Å². The van der Waals surface area contributed by atoms with Gasteiger partial charge in [-0.15, -0.1) is 0 Å². The number of rotatable bonds is 6. The average molecular weight is 188 g/mol. The van der Waals surface area contributed by atoms with Crippen LogP contribution in [-0.2, 0) is 4.74 Å². The Balaban J connectivity index is 3.77. The van der Waals surface area contributed by atoms with E-state index in [1.165, 1.54) is 0 Å². The van der Waals surface area contributed by atoms with Crippen molar-refractivity contribution in [3.8, 4) is 0 Å². The van der Waals surface area contributed by atoms with E-state index >= 15 is 0 Å². The molecule has 0 fully saturated rings. The van der Waals surface area contributed by atoms with Crippen LogP contribution in [0.2, 0.25) is 0 Å². The van der Waals surface area contributed by atoms with Gasteiger partial charge in [-0.25, -0.2) is 0 Å². The number of hydrogen-bond donors (Lipinski definition) is 1. The molecule has 0 aliphatic carbocycles. The number of ether oxygens (including phenoxy) is 1. The summed E-state index contributed by atoms with van der Waals surface area (Å²) in [6, 6.07) is 0. The summed E-state index contributed by atoms with van der Waals surface area (Å²) in [5.74, 6) is 0. The van der Waals surface area contributed by atoms with E-state index in [9.17, 15) is 0 Å². The normalized spacial score (nSPS) is 14.1. The van der Waals surface area contributed by atoms with Gasteiger partial charge in [-0.1, -0.05) is 6.92 Å². The quantitative estimate of drug-likeness (QED) is 0.484. The maximum absolute atomic E-state index is 5.15. The fourth-order valence-corrected chi connectivity index (χ4v) is 2.38. The van der Waals surface area contributed by atoms with Gasteiger partial charge < -0.3 is 14.3 Å². The summed E-state index contributed by atoms with van der Waals surface area (Å²) >= 11 is 0. The molecule has 0 amide bonds. The van der Waals surface area contributed by atoms with Crippen molar-refractivity contribution in [3.63, 3.8) is 0 Å². The lowest BCUT2D eigenvalue weighted by Crippen LogP contribution is -2.45. The van der Waals surface area contributed by atoms with Gasteiger partial charge in [0.05, 0.1) is 12.9 Å². The van der Waals surface area contributed by atoms with E-state index in [1.54, 1.807) is 6.26 Å². The van der Waals surface area contributed by atoms with Crippen LogP contribution < -0.4 is 4.98 Å². The lowest BCUT2D eigenvalue weighted by atomic mass is 10.8. The van der Waals surface area contributed by atoms with Crippen molar-refractivity contribution in [1.29, 1.82) is 0 Å². The summed E-state index contributed by atoms with van der Waals surface area (Å²) in [6.07, 6.45) is 1.81. The molecule has 0 aliphatic heterocycles. The molecule has 0 aliphatic rings. The van der Waals surface area contributed by atoms with E-state index in [2.05, 4.69) is 36.3 Å². The maximum atomic E-state index is 5.15. The van der Waals surface area contributed by atoms with Crippen LogP contribution in [0.25, 0.3) is 0 Å². The van der Waals surface area contributed by atoms with Gasteiger partial charge in [-0.3, -0.25) is 0 Å². The number of nitrogens with one attached hydrogen (secondary N) is 1. The fraction of sp³-hybridized carbons (Fsp3) is 0.750. The van der Waals surface area contributed by atoms with Crippen molar-refractivity contribution in [2.75, 3.05) is 27.2 Å². The molecule has 0 aromatic heterocycles. The fourth-order valence-electron chi connectivity index (χ4n) is 0.858. The third-order valence-corrected chi connectivity index (χ3v) is 3.95. The first-order valence-electron chi connectivity index (χ1n) is 4.40. The van der Waals surface area contributed by atoms with Crippen LogP contribution in [0.15, 0.2) is 12.0 Å². The van der Waals surface area contributed by atoms with Crippen molar-refractivity contribution < 1.29 is 4.74 Å². The molecule has 0 saturated carbocycles. The highest BCUT2D eigenvalue weighted by molar-refractivity contribution is 6.58. The third-order valence-electron chi connectivity index (χ3n) is 1.49. The van der Waals surface area contributed by atoms with Crippen molar-refractivity contribution >= 4 is 9.12 Å². The minimum absolute atomic E-state index is 0.747. The molecule has 1 atom stereocenters. The second-order valence-electron chi connectivity index (χ2n) is 2.75. The Morgan fingerprint density at radius 2 is 2.08 bits per heavy atom. The van der Waals surface area contributed by atoms with Crippen LogP contribution in [0.1, 0.15) is 13.8 Å². The SMILES string of the molecule is CCN[SiH](C=COCC)N(C)C. The van der Waals surface area contributed by atoms with Crippen LogP contribution in [0.4, 0.5) is 0 Å². The molecule has 0 rings (SSSR count). The zero-order valence-corrected chi connectivity index (χ0v) is 9.66. The lowest BCUT2D eigenvalue weighted by molar-refractivity contribution is 0.269. The topological polar surface area (TPSA) is 24.5 Å². The summed E-state index contributed by atoms with van der Waals surface area (Å²) in [4.78, 5) is 3.44. The predicted molar refractivity (Wildman–Crippen MR) is 55.3 cm³/mol. The van der Waals surface area contributed by atoms with Crippen molar-refractivity contribution in [2.24, 2.45) is 0 Å². The molecule has 12 heavy (non-hydrogen) atoms. The molecule has 0 radical (unpaired) electrons. The van der Waals surface area contributed by atoms with Gasteiger partial charge in [0.2, 0.25) is 9.12 Å². The number of nitrogens with zero attached hydrogens (tertiary/aromatic N) is 1. The Labute approximate surface area is 77.2 Å². The second-order valence-corrected chi connectivity index (χ2v) is 5.47. The zero-order chi connectivity index (χ0) is 9.40. The van der Waals surface area contributed by atoms with Gasteiger partial charge in [-0.2, -0.15) is 0 Å². The first-order valence-corrected chi connectivity index (χ1v) is 6.16. The van der Waals surface area contributed by atoms with Gasteiger partial charge in [0.25, 0.3) is 0 Å². The summed E-state index contributed by atoms with van der Waals surface area (Å²) in [7, 11) is 3.13. The Hall–Kier alpha value is -0.323. The van der Waals surface area contributed by atoms with Crippen molar-refractivity contribution in [2.45, 2.75) is 13.8 Å². The molecule has 0 aromatic carbocycles. The first-order chi connectivity index (χ1) is 5.72. The molecule has 3 nitrogen and oxygen atoms in total. The first kappa shape index (κ1) is 11.7. The minimum Gasteiger partial charge on any atom is -0.502 e. The van der Waals surface area contributed by atoms with E-state index in [-0.39, 0.29) is 0 Å². The molecule has 1 N–H and O–H groups in total. The Morgan fingerprint density at radius 3 is 2.50 bits per heavy atom. The molecule has 0 aromatic rings. The summed E-state index contributed by atoms with van der Waals surface area (Å²) < 4.78 is 7.38. The summed E-state index contributed by atoms with van der Waals surface area (Å²) in [6.45, 7) is 5.88. The highest BCUT2D eigenvalue weighted by Gasteiger charge is 2.07. The summed E-state index contributed by atoms with van der Waals surface area (Å²) in [5, 5.41) is 0. The molecule has 72 valence electrons. The van der Waals surface area contributed by atoms with Gasteiger partial charge in [0.1, 0.15) is 0 Å². The molecule has 4 heteroatoms. The highest BCUT2D eigenvalue weighted by atomic mass is 28.3. The highest BCUT2D eigenvalue weighted by Crippen LogP contribution is 1.86. The average Bonchev–Trinajstić information content (AvgIpc) is 2.03. The third kappa shape index (κ3) is 5.34. The molecule has 0 saturated heterocycles. The molecule has 1 unspecified atom stereocenters. The smallest absolute Gasteiger partial charge is 0.215 e. The molecular formula is C8H20N2OSi. The Kier molecular flexibility index (Phi) is 7.14. The van der Waals surface area contributed by atoms with E-state index in [1.807, 2.05) is 6.92 Å². The van der Waals surface area contributed by atoms with E-state index in [0.717, 1.165) is 13.2 Å². The second kappa shape index (κ2) is 7.33. The number of hydrogen-bond acceptors (Lipinski definition) is 3. The van der Waals surface area contributed by atoms with Crippen LogP contribution in [0.5, 0.6) is 0 Å². The monoisotopic (exact) mass is 188 g/mol. The van der Waals surface area contributed by atoms with Crippen LogP contribution in [0, 0.1) is 0 Å². The molecular weight excluding hydrogens is 168 g/mol. The standard InChI is InChI=1S/C8H20N2OSi/c1-5-9-12(10(3)4)8-7-11-6-2/h7-9,12H,5-6H2,1-4H3.